The number of methoxy groups -OCH3 is 2. The summed E-state index contributed by atoms with van der Waals surface area (Å²) in [5.41, 5.74) is 1.44. The van der Waals surface area contributed by atoms with Gasteiger partial charge in [0, 0.05) is 0 Å². The summed E-state index contributed by atoms with van der Waals surface area (Å²) < 4.78 is 35.0. The lowest BCUT2D eigenvalue weighted by Gasteiger charge is -2.22. The summed E-state index contributed by atoms with van der Waals surface area (Å²) in [6.45, 7) is 3.49. The Morgan fingerprint density at radius 3 is 2.06 bits per heavy atom. The van der Waals surface area contributed by atoms with E-state index in [0.29, 0.717) is 5.69 Å². The molecule has 2 rings (SSSR count). The number of hydrogen-bond acceptors (Lipinski definition) is 7. The van der Waals surface area contributed by atoms with E-state index in [4.69, 9.17) is 4.74 Å². The normalized spacial score (nSPS) is 11.1. The number of nitrogens with zero attached hydrogens (tertiary/aromatic N) is 1. The van der Waals surface area contributed by atoms with Crippen molar-refractivity contribution in [2.75, 3.05) is 36.6 Å². The highest BCUT2D eigenvalue weighted by molar-refractivity contribution is 7.92. The average molecular weight is 463 g/mol. The number of hydrogen-bond donors (Lipinski definition) is 1. The van der Waals surface area contributed by atoms with Crippen LogP contribution in [0.3, 0.4) is 0 Å². The standard InChI is InChI=1S/C22H26N2O7S/c1-14(2)15-6-9-17(10-7-15)24(32(5,28)29)13-20(25)23-19-12-16(21(26)30-3)8-11-18(19)22(27)31-4/h6-12,14H,13H2,1-5H3,(H,23,25). The molecule has 0 radical (unpaired) electrons. The molecule has 0 saturated heterocycles. The Kier molecular flexibility index (Phi) is 7.98. The van der Waals surface area contributed by atoms with Crippen molar-refractivity contribution < 1.29 is 32.3 Å². The first-order valence-corrected chi connectivity index (χ1v) is 11.5. The van der Waals surface area contributed by atoms with Crippen LogP contribution in [-0.4, -0.2) is 53.3 Å². The lowest BCUT2D eigenvalue weighted by atomic mass is 10.0. The fourth-order valence-electron chi connectivity index (χ4n) is 2.93. The van der Waals surface area contributed by atoms with Crippen LogP contribution in [0.5, 0.6) is 0 Å². The van der Waals surface area contributed by atoms with Crippen LogP contribution in [-0.2, 0) is 24.3 Å². The number of anilines is 2. The molecule has 1 amide bonds. The predicted octanol–water partition coefficient (Wildman–Crippen LogP) is 2.79. The molecule has 0 aromatic heterocycles. The van der Waals surface area contributed by atoms with Gasteiger partial charge in [-0.25, -0.2) is 18.0 Å². The minimum atomic E-state index is -3.79. The number of amides is 1. The molecule has 10 heteroatoms. The number of benzene rings is 2. The molecule has 0 fully saturated rings. The summed E-state index contributed by atoms with van der Waals surface area (Å²) in [7, 11) is -1.42. The van der Waals surface area contributed by atoms with E-state index in [1.54, 1.807) is 24.3 Å². The molecule has 0 aliphatic carbocycles. The number of carbonyl (C=O) groups is 3. The summed E-state index contributed by atoms with van der Waals surface area (Å²) in [5, 5.41) is 2.49. The van der Waals surface area contributed by atoms with Crippen LogP contribution in [0, 0.1) is 0 Å². The minimum Gasteiger partial charge on any atom is -0.465 e. The van der Waals surface area contributed by atoms with Gasteiger partial charge in [0.05, 0.1) is 43.0 Å². The summed E-state index contributed by atoms with van der Waals surface area (Å²) in [6, 6.07) is 10.8. The third-order valence-electron chi connectivity index (χ3n) is 4.66. The molecule has 2 aromatic carbocycles. The number of ether oxygens (including phenoxy) is 2. The van der Waals surface area contributed by atoms with Gasteiger partial charge >= 0.3 is 11.9 Å². The zero-order chi connectivity index (χ0) is 24.1. The second kappa shape index (κ2) is 10.3. The Bertz CT molecular complexity index is 1110. The van der Waals surface area contributed by atoms with Crippen LogP contribution >= 0.6 is 0 Å². The van der Waals surface area contributed by atoms with Crippen molar-refractivity contribution in [2.45, 2.75) is 19.8 Å². The maximum atomic E-state index is 12.7. The third kappa shape index (κ3) is 6.07. The second-order valence-electron chi connectivity index (χ2n) is 7.31. The molecule has 0 aliphatic heterocycles. The van der Waals surface area contributed by atoms with Gasteiger partial charge in [-0.15, -0.1) is 0 Å². The summed E-state index contributed by atoms with van der Waals surface area (Å²) in [6.07, 6.45) is 0.994. The minimum absolute atomic E-state index is 0.000644. The van der Waals surface area contributed by atoms with Gasteiger partial charge in [-0.2, -0.15) is 0 Å². The predicted molar refractivity (Wildman–Crippen MR) is 120 cm³/mol. The highest BCUT2D eigenvalue weighted by atomic mass is 32.2. The van der Waals surface area contributed by atoms with E-state index in [1.165, 1.54) is 32.4 Å². The van der Waals surface area contributed by atoms with Crippen LogP contribution in [0.15, 0.2) is 42.5 Å². The van der Waals surface area contributed by atoms with Gasteiger partial charge < -0.3 is 14.8 Å². The van der Waals surface area contributed by atoms with Gasteiger partial charge in [-0.3, -0.25) is 9.10 Å². The molecule has 0 unspecified atom stereocenters. The molecule has 0 atom stereocenters. The van der Waals surface area contributed by atoms with Crippen molar-refractivity contribution >= 4 is 39.2 Å². The molecule has 0 aliphatic rings. The number of rotatable bonds is 8. The quantitative estimate of drug-likeness (QED) is 0.599. The van der Waals surface area contributed by atoms with Crippen LogP contribution in [0.25, 0.3) is 0 Å². The molecule has 0 bridgehead atoms. The average Bonchev–Trinajstić information content (AvgIpc) is 2.75. The van der Waals surface area contributed by atoms with Gasteiger partial charge in [0.25, 0.3) is 0 Å². The highest BCUT2D eigenvalue weighted by Crippen LogP contribution is 2.23. The highest BCUT2D eigenvalue weighted by Gasteiger charge is 2.23. The van der Waals surface area contributed by atoms with Gasteiger partial charge in [-0.1, -0.05) is 26.0 Å². The topological polar surface area (TPSA) is 119 Å². The van der Waals surface area contributed by atoms with E-state index in [1.807, 2.05) is 13.8 Å². The molecule has 172 valence electrons. The molecule has 0 heterocycles. The Balaban J connectivity index is 2.35. The van der Waals surface area contributed by atoms with Gasteiger partial charge in [0.2, 0.25) is 15.9 Å². The van der Waals surface area contributed by atoms with Gasteiger partial charge in [0.1, 0.15) is 6.54 Å². The van der Waals surface area contributed by atoms with E-state index in [0.717, 1.165) is 16.1 Å². The summed E-state index contributed by atoms with van der Waals surface area (Å²) in [5.74, 6) is -1.85. The maximum absolute atomic E-state index is 12.7. The molecule has 0 spiro atoms. The fraction of sp³-hybridized carbons (Fsp3) is 0.318. The van der Waals surface area contributed by atoms with Crippen molar-refractivity contribution in [2.24, 2.45) is 0 Å². The van der Waals surface area contributed by atoms with E-state index in [9.17, 15) is 22.8 Å². The molecule has 32 heavy (non-hydrogen) atoms. The molecule has 2 aromatic rings. The Morgan fingerprint density at radius 1 is 0.969 bits per heavy atom. The van der Waals surface area contributed by atoms with Gasteiger partial charge in [0.15, 0.2) is 0 Å². The SMILES string of the molecule is COC(=O)c1ccc(C(=O)OC)c(NC(=O)CN(c2ccc(C(C)C)cc2)S(C)(=O)=O)c1. The number of esters is 2. The Labute approximate surface area is 187 Å². The third-order valence-corrected chi connectivity index (χ3v) is 5.80. The smallest absolute Gasteiger partial charge is 0.339 e. The van der Waals surface area contributed by atoms with Crippen molar-refractivity contribution in [1.82, 2.24) is 0 Å². The van der Waals surface area contributed by atoms with Crippen LogP contribution in [0.4, 0.5) is 11.4 Å². The van der Waals surface area contributed by atoms with Crippen LogP contribution in [0.2, 0.25) is 0 Å². The largest absolute Gasteiger partial charge is 0.465 e. The lowest BCUT2D eigenvalue weighted by Crippen LogP contribution is -2.37. The molecule has 9 nitrogen and oxygen atoms in total. The number of sulfonamides is 1. The monoisotopic (exact) mass is 462 g/mol. The second-order valence-corrected chi connectivity index (χ2v) is 9.21. The molecule has 0 saturated carbocycles. The van der Waals surface area contributed by atoms with E-state index >= 15 is 0 Å². The van der Waals surface area contributed by atoms with Crippen molar-refractivity contribution in [3.63, 3.8) is 0 Å². The summed E-state index contributed by atoms with van der Waals surface area (Å²) in [4.78, 5) is 36.6. The zero-order valence-corrected chi connectivity index (χ0v) is 19.4. The van der Waals surface area contributed by atoms with E-state index < -0.39 is 34.4 Å². The van der Waals surface area contributed by atoms with Crippen molar-refractivity contribution in [1.29, 1.82) is 0 Å². The molecular formula is C22H26N2O7S. The number of carbonyl (C=O) groups excluding carboxylic acids is 3. The number of nitrogens with one attached hydrogen (secondary N) is 1. The zero-order valence-electron chi connectivity index (χ0n) is 18.5. The Morgan fingerprint density at radius 2 is 1.56 bits per heavy atom. The Hall–Kier alpha value is -3.40. The van der Waals surface area contributed by atoms with Crippen LogP contribution < -0.4 is 9.62 Å². The first-order chi connectivity index (χ1) is 15.0. The lowest BCUT2D eigenvalue weighted by molar-refractivity contribution is -0.114. The van der Waals surface area contributed by atoms with E-state index in [2.05, 4.69) is 10.1 Å². The van der Waals surface area contributed by atoms with E-state index in [-0.39, 0.29) is 22.7 Å². The van der Waals surface area contributed by atoms with Crippen molar-refractivity contribution in [3.8, 4) is 0 Å². The molecule has 1 N–H and O–H groups in total. The van der Waals surface area contributed by atoms with Crippen LogP contribution in [0.1, 0.15) is 46.0 Å². The first-order valence-electron chi connectivity index (χ1n) is 9.66. The summed E-state index contributed by atoms with van der Waals surface area (Å²) >= 11 is 0. The maximum Gasteiger partial charge on any atom is 0.339 e. The fourth-order valence-corrected chi connectivity index (χ4v) is 3.78. The first kappa shape index (κ1) is 24.9. The molecular weight excluding hydrogens is 436 g/mol. The van der Waals surface area contributed by atoms with Crippen molar-refractivity contribution in [3.05, 3.63) is 59.2 Å². The van der Waals surface area contributed by atoms with Gasteiger partial charge in [-0.05, 0) is 41.8 Å².